The average Bonchev–Trinajstić information content (AvgIpc) is 3.41. The lowest BCUT2D eigenvalue weighted by atomic mass is 9.95. The first-order valence-corrected chi connectivity index (χ1v) is 9.93. The van der Waals surface area contributed by atoms with Gasteiger partial charge in [0, 0.05) is 37.9 Å². The lowest BCUT2D eigenvalue weighted by Crippen LogP contribution is -2.43. The predicted molar refractivity (Wildman–Crippen MR) is 98.4 cm³/mol. The topological polar surface area (TPSA) is 62.3 Å². The van der Waals surface area contributed by atoms with Crippen molar-refractivity contribution < 1.29 is 9.59 Å². The van der Waals surface area contributed by atoms with Crippen molar-refractivity contribution in [3.05, 3.63) is 29.3 Å². The van der Waals surface area contributed by atoms with Crippen molar-refractivity contribution >= 4 is 33.4 Å². The highest BCUT2D eigenvalue weighted by molar-refractivity contribution is 7.18. The summed E-state index contributed by atoms with van der Waals surface area (Å²) in [5.41, 5.74) is 1.03. The van der Waals surface area contributed by atoms with Crippen molar-refractivity contribution in [2.75, 3.05) is 19.6 Å². The second kappa shape index (κ2) is 7.12. The second-order valence-electron chi connectivity index (χ2n) is 6.99. The lowest BCUT2D eigenvalue weighted by molar-refractivity contribution is -0.136. The Morgan fingerprint density at radius 1 is 1.12 bits per heavy atom. The Hall–Kier alpha value is -1.95. The van der Waals surface area contributed by atoms with E-state index in [9.17, 15) is 9.59 Å². The molecule has 0 atom stereocenters. The van der Waals surface area contributed by atoms with Crippen LogP contribution in [0.2, 0.25) is 0 Å². The molecule has 0 spiro atoms. The van der Waals surface area contributed by atoms with Crippen molar-refractivity contribution in [3.8, 4) is 0 Å². The Labute approximate surface area is 151 Å². The molecule has 1 aliphatic carbocycles. The molecule has 0 bridgehead atoms. The molecule has 1 N–H and O–H groups in total. The minimum Gasteiger partial charge on any atom is -0.355 e. The maximum absolute atomic E-state index is 12.4. The summed E-state index contributed by atoms with van der Waals surface area (Å²) in [4.78, 5) is 31.0. The number of nitrogens with one attached hydrogen (secondary N) is 1. The molecule has 1 saturated carbocycles. The molecule has 25 heavy (non-hydrogen) atoms. The van der Waals surface area contributed by atoms with E-state index >= 15 is 0 Å². The van der Waals surface area contributed by atoms with Crippen LogP contribution >= 0.6 is 11.3 Å². The van der Waals surface area contributed by atoms with E-state index in [-0.39, 0.29) is 17.7 Å². The monoisotopic (exact) mass is 357 g/mol. The molecule has 4 rings (SSSR count). The summed E-state index contributed by atoms with van der Waals surface area (Å²) in [7, 11) is 0. The molecule has 5 nitrogen and oxygen atoms in total. The van der Waals surface area contributed by atoms with Gasteiger partial charge in [0.1, 0.15) is 0 Å². The van der Waals surface area contributed by atoms with Crippen LogP contribution in [-0.4, -0.2) is 41.3 Å². The number of hydrogen-bond acceptors (Lipinski definition) is 4. The molecule has 132 valence electrons. The maximum Gasteiger partial charge on any atom is 0.225 e. The van der Waals surface area contributed by atoms with Gasteiger partial charge in [-0.15, -0.1) is 11.3 Å². The standard InChI is InChI=1S/C19H23N3O2S/c23-18(13-8-11-22(12-9-13)19(24)14-5-6-14)20-10-7-17-21-15-3-1-2-4-16(15)25-17/h1-4,13-14H,5-12H2,(H,20,23). The molecular weight excluding hydrogens is 334 g/mol. The number of carbonyl (C=O) groups excluding carboxylic acids is 2. The van der Waals surface area contributed by atoms with E-state index in [0.29, 0.717) is 12.5 Å². The highest BCUT2D eigenvalue weighted by atomic mass is 32.1. The van der Waals surface area contributed by atoms with E-state index in [1.807, 2.05) is 23.1 Å². The van der Waals surface area contributed by atoms with Crippen molar-refractivity contribution in [3.63, 3.8) is 0 Å². The van der Waals surface area contributed by atoms with Crippen molar-refractivity contribution in [2.24, 2.45) is 11.8 Å². The summed E-state index contributed by atoms with van der Waals surface area (Å²) in [6.45, 7) is 2.08. The Kier molecular flexibility index (Phi) is 4.70. The summed E-state index contributed by atoms with van der Waals surface area (Å²) in [6, 6.07) is 8.11. The fourth-order valence-corrected chi connectivity index (χ4v) is 4.38. The zero-order chi connectivity index (χ0) is 17.2. The molecule has 2 heterocycles. The molecule has 1 aromatic carbocycles. The first kappa shape index (κ1) is 16.5. The average molecular weight is 357 g/mol. The number of hydrogen-bond donors (Lipinski definition) is 1. The number of benzene rings is 1. The smallest absolute Gasteiger partial charge is 0.225 e. The first-order valence-electron chi connectivity index (χ1n) is 9.11. The molecule has 0 unspecified atom stereocenters. The summed E-state index contributed by atoms with van der Waals surface area (Å²) in [6.07, 6.45) is 4.43. The van der Waals surface area contributed by atoms with E-state index in [1.165, 1.54) is 4.70 Å². The number of aromatic nitrogens is 1. The van der Waals surface area contributed by atoms with Crippen LogP contribution in [0.5, 0.6) is 0 Å². The SMILES string of the molecule is O=C(NCCc1nc2ccccc2s1)C1CCN(C(=O)C2CC2)CC1. The number of fused-ring (bicyclic) bond motifs is 1. The third-order valence-electron chi connectivity index (χ3n) is 5.08. The first-order chi connectivity index (χ1) is 12.2. The van der Waals surface area contributed by atoms with Gasteiger partial charge in [0.2, 0.25) is 11.8 Å². The Bertz CT molecular complexity index is 743. The third kappa shape index (κ3) is 3.84. The van der Waals surface area contributed by atoms with Gasteiger partial charge in [0.15, 0.2) is 0 Å². The summed E-state index contributed by atoms with van der Waals surface area (Å²) in [5.74, 6) is 0.743. The second-order valence-corrected chi connectivity index (χ2v) is 8.11. The quantitative estimate of drug-likeness (QED) is 0.895. The summed E-state index contributed by atoms with van der Waals surface area (Å²) >= 11 is 1.69. The van der Waals surface area contributed by atoms with Crippen LogP contribution < -0.4 is 5.32 Å². The fourth-order valence-electron chi connectivity index (χ4n) is 3.41. The van der Waals surface area contributed by atoms with Gasteiger partial charge >= 0.3 is 0 Å². The number of thiazole rings is 1. The van der Waals surface area contributed by atoms with E-state index in [0.717, 1.165) is 55.7 Å². The van der Waals surface area contributed by atoms with Crippen LogP contribution in [0.3, 0.4) is 0 Å². The molecule has 1 aromatic heterocycles. The predicted octanol–water partition coefficient (Wildman–Crippen LogP) is 2.60. The van der Waals surface area contributed by atoms with E-state index in [2.05, 4.69) is 16.4 Å². The van der Waals surface area contributed by atoms with Crippen LogP contribution in [0.25, 0.3) is 10.2 Å². The maximum atomic E-state index is 12.4. The van der Waals surface area contributed by atoms with Crippen LogP contribution in [-0.2, 0) is 16.0 Å². The van der Waals surface area contributed by atoms with Gasteiger partial charge in [0.05, 0.1) is 15.2 Å². The van der Waals surface area contributed by atoms with Gasteiger partial charge in [-0.2, -0.15) is 0 Å². The molecule has 2 aliphatic rings. The van der Waals surface area contributed by atoms with E-state index in [4.69, 9.17) is 0 Å². The van der Waals surface area contributed by atoms with Gasteiger partial charge in [-0.1, -0.05) is 12.1 Å². The number of nitrogens with zero attached hydrogens (tertiary/aromatic N) is 2. The molecule has 2 aromatic rings. The Morgan fingerprint density at radius 3 is 2.60 bits per heavy atom. The molecular formula is C19H23N3O2S. The minimum atomic E-state index is 0.0404. The number of piperidine rings is 1. The van der Waals surface area contributed by atoms with Crippen LogP contribution in [0.1, 0.15) is 30.7 Å². The van der Waals surface area contributed by atoms with Crippen LogP contribution in [0.4, 0.5) is 0 Å². The Balaban J connectivity index is 1.22. The summed E-state index contributed by atoms with van der Waals surface area (Å²) in [5, 5.41) is 4.11. The van der Waals surface area contributed by atoms with Crippen molar-refractivity contribution in [1.29, 1.82) is 0 Å². The van der Waals surface area contributed by atoms with E-state index < -0.39 is 0 Å². The van der Waals surface area contributed by atoms with Gasteiger partial charge < -0.3 is 10.2 Å². The number of para-hydroxylation sites is 1. The number of carbonyl (C=O) groups is 2. The Morgan fingerprint density at radius 2 is 1.88 bits per heavy atom. The minimum absolute atomic E-state index is 0.0404. The normalized spacial score (nSPS) is 18.5. The molecule has 2 fully saturated rings. The van der Waals surface area contributed by atoms with Gasteiger partial charge in [0.25, 0.3) is 0 Å². The highest BCUT2D eigenvalue weighted by Gasteiger charge is 2.35. The van der Waals surface area contributed by atoms with Crippen LogP contribution in [0.15, 0.2) is 24.3 Å². The van der Waals surface area contributed by atoms with Gasteiger partial charge in [-0.05, 0) is 37.8 Å². The van der Waals surface area contributed by atoms with E-state index in [1.54, 1.807) is 11.3 Å². The highest BCUT2D eigenvalue weighted by Crippen LogP contribution is 2.32. The largest absolute Gasteiger partial charge is 0.355 e. The zero-order valence-corrected chi connectivity index (χ0v) is 15.1. The molecule has 1 aliphatic heterocycles. The zero-order valence-electron chi connectivity index (χ0n) is 14.2. The molecule has 0 radical (unpaired) electrons. The fraction of sp³-hybridized carbons (Fsp3) is 0.526. The number of likely N-dealkylation sites (tertiary alicyclic amines) is 1. The summed E-state index contributed by atoms with van der Waals surface area (Å²) < 4.78 is 1.19. The van der Waals surface area contributed by atoms with Crippen molar-refractivity contribution in [2.45, 2.75) is 32.1 Å². The van der Waals surface area contributed by atoms with Gasteiger partial charge in [-0.25, -0.2) is 4.98 Å². The van der Waals surface area contributed by atoms with Crippen LogP contribution in [0, 0.1) is 11.8 Å². The molecule has 6 heteroatoms. The molecule has 1 saturated heterocycles. The third-order valence-corrected chi connectivity index (χ3v) is 6.18. The molecule has 2 amide bonds. The number of amides is 2. The van der Waals surface area contributed by atoms with Crippen molar-refractivity contribution in [1.82, 2.24) is 15.2 Å². The van der Waals surface area contributed by atoms with Gasteiger partial charge in [-0.3, -0.25) is 9.59 Å². The number of rotatable bonds is 5. The lowest BCUT2D eigenvalue weighted by Gasteiger charge is -2.31.